The Morgan fingerprint density at radius 3 is 2.19 bits per heavy atom. The average molecular weight is 396 g/mol. The van der Waals surface area contributed by atoms with Crippen LogP contribution in [0.4, 0.5) is 11.4 Å². The molecule has 0 atom stereocenters. The second-order valence-corrected chi connectivity index (χ2v) is 9.12. The fourth-order valence-electron chi connectivity index (χ4n) is 3.77. The van der Waals surface area contributed by atoms with E-state index >= 15 is 0 Å². The molecule has 0 heterocycles. The number of hydrogen-bond acceptors (Lipinski definition) is 4. The summed E-state index contributed by atoms with van der Waals surface area (Å²) in [6.45, 7) is 6.33. The third-order valence-corrected chi connectivity index (χ3v) is 6.58. The van der Waals surface area contributed by atoms with Gasteiger partial charge in [0.2, 0.25) is 15.9 Å². The maximum Gasteiger partial charge on any atom is 0.225 e. The summed E-state index contributed by atoms with van der Waals surface area (Å²) in [7, 11) is -3.31. The van der Waals surface area contributed by atoms with Gasteiger partial charge in [-0.05, 0) is 51.0 Å². The van der Waals surface area contributed by atoms with Crippen LogP contribution in [-0.4, -0.2) is 50.6 Å². The van der Waals surface area contributed by atoms with Crippen molar-refractivity contribution in [3.8, 4) is 0 Å². The molecule has 1 saturated carbocycles. The highest BCUT2D eigenvalue weighted by atomic mass is 32.2. The largest absolute Gasteiger partial charge is 0.372 e. The molecule has 0 aliphatic heterocycles. The minimum Gasteiger partial charge on any atom is -0.372 e. The molecule has 0 radical (unpaired) electrons. The molecule has 0 unspecified atom stereocenters. The molecule has 0 spiro atoms. The molecule has 1 amide bonds. The second kappa shape index (κ2) is 10.1. The lowest BCUT2D eigenvalue weighted by Gasteiger charge is -2.32. The van der Waals surface area contributed by atoms with Crippen LogP contribution in [-0.2, 0) is 14.8 Å². The Bertz CT molecular complexity index is 694. The van der Waals surface area contributed by atoms with Crippen LogP contribution in [0.15, 0.2) is 24.3 Å². The standard InChI is InChI=1S/C20H33N3O3S/c1-4-22(5-2)18-13-11-17(12-14-18)21-20(24)15-16-23(27(3,25)26)19-9-7-6-8-10-19/h11-14,19H,4-10,15-16H2,1-3H3,(H,21,24). The molecule has 1 N–H and O–H groups in total. The monoisotopic (exact) mass is 395 g/mol. The number of hydrogen-bond donors (Lipinski definition) is 1. The Labute approximate surface area is 164 Å². The number of nitrogens with one attached hydrogen (secondary N) is 1. The van der Waals surface area contributed by atoms with Crippen molar-refractivity contribution in [1.29, 1.82) is 0 Å². The summed E-state index contributed by atoms with van der Waals surface area (Å²) >= 11 is 0. The van der Waals surface area contributed by atoms with Gasteiger partial charge in [-0.2, -0.15) is 4.31 Å². The number of carbonyl (C=O) groups excluding carboxylic acids is 1. The third-order valence-electron chi connectivity index (χ3n) is 5.25. The molecule has 7 heteroatoms. The van der Waals surface area contributed by atoms with E-state index in [-0.39, 0.29) is 24.9 Å². The van der Waals surface area contributed by atoms with Crippen LogP contribution in [0, 0.1) is 0 Å². The van der Waals surface area contributed by atoms with E-state index in [2.05, 4.69) is 24.1 Å². The fourth-order valence-corrected chi connectivity index (χ4v) is 4.94. The Kier molecular flexibility index (Phi) is 8.10. The summed E-state index contributed by atoms with van der Waals surface area (Å²) in [5, 5.41) is 2.87. The fraction of sp³-hybridized carbons (Fsp3) is 0.650. The number of amides is 1. The van der Waals surface area contributed by atoms with Crippen molar-refractivity contribution in [1.82, 2.24) is 4.31 Å². The van der Waals surface area contributed by atoms with Gasteiger partial charge in [0.15, 0.2) is 0 Å². The summed E-state index contributed by atoms with van der Waals surface area (Å²) in [5.41, 5.74) is 1.86. The van der Waals surface area contributed by atoms with E-state index in [9.17, 15) is 13.2 Å². The van der Waals surface area contributed by atoms with Crippen molar-refractivity contribution in [3.63, 3.8) is 0 Å². The highest BCUT2D eigenvalue weighted by molar-refractivity contribution is 7.88. The van der Waals surface area contributed by atoms with Crippen LogP contribution < -0.4 is 10.2 Å². The molecule has 27 heavy (non-hydrogen) atoms. The molecule has 0 aromatic heterocycles. The highest BCUT2D eigenvalue weighted by Gasteiger charge is 2.28. The number of sulfonamides is 1. The Morgan fingerprint density at radius 2 is 1.67 bits per heavy atom. The van der Waals surface area contributed by atoms with Crippen LogP contribution in [0.5, 0.6) is 0 Å². The van der Waals surface area contributed by atoms with Gasteiger partial charge in [0.05, 0.1) is 6.26 Å². The maximum atomic E-state index is 12.3. The lowest BCUT2D eigenvalue weighted by molar-refractivity contribution is -0.116. The molecule has 1 aliphatic rings. The van der Waals surface area contributed by atoms with Gasteiger partial charge in [-0.1, -0.05) is 19.3 Å². The molecular formula is C20H33N3O3S. The van der Waals surface area contributed by atoms with Crippen molar-refractivity contribution < 1.29 is 13.2 Å². The maximum absolute atomic E-state index is 12.3. The van der Waals surface area contributed by atoms with E-state index < -0.39 is 10.0 Å². The molecule has 0 bridgehead atoms. The minimum absolute atomic E-state index is 0.0369. The summed E-state index contributed by atoms with van der Waals surface area (Å²) in [4.78, 5) is 14.6. The summed E-state index contributed by atoms with van der Waals surface area (Å²) in [6, 6.07) is 7.80. The van der Waals surface area contributed by atoms with Gasteiger partial charge in [-0.3, -0.25) is 4.79 Å². The summed E-state index contributed by atoms with van der Waals surface area (Å²) in [5.74, 6) is -0.157. The van der Waals surface area contributed by atoms with E-state index in [1.807, 2.05) is 24.3 Å². The van der Waals surface area contributed by atoms with Crippen molar-refractivity contribution in [2.75, 3.05) is 36.1 Å². The molecule has 1 aromatic rings. The number of anilines is 2. The van der Waals surface area contributed by atoms with Crippen molar-refractivity contribution >= 4 is 27.3 Å². The van der Waals surface area contributed by atoms with Crippen molar-refractivity contribution in [2.24, 2.45) is 0 Å². The van der Waals surface area contributed by atoms with E-state index in [1.54, 1.807) is 0 Å². The molecule has 1 aliphatic carbocycles. The Balaban J connectivity index is 1.92. The number of carbonyl (C=O) groups is 1. The SMILES string of the molecule is CCN(CC)c1ccc(NC(=O)CCN(C2CCCCC2)S(C)(=O)=O)cc1. The van der Waals surface area contributed by atoms with Gasteiger partial charge < -0.3 is 10.2 Å². The first-order valence-corrected chi connectivity index (χ1v) is 11.8. The molecule has 6 nitrogen and oxygen atoms in total. The summed E-state index contributed by atoms with van der Waals surface area (Å²) < 4.78 is 25.8. The summed E-state index contributed by atoms with van der Waals surface area (Å²) in [6.07, 6.45) is 6.47. The van der Waals surface area contributed by atoms with Crippen molar-refractivity contribution in [3.05, 3.63) is 24.3 Å². The second-order valence-electron chi connectivity index (χ2n) is 7.18. The first-order chi connectivity index (χ1) is 12.8. The molecular weight excluding hydrogens is 362 g/mol. The number of benzene rings is 1. The quantitative estimate of drug-likeness (QED) is 0.695. The van der Waals surface area contributed by atoms with Gasteiger partial charge >= 0.3 is 0 Å². The Hall–Kier alpha value is -1.60. The van der Waals surface area contributed by atoms with Gasteiger partial charge in [0, 0.05) is 43.5 Å². The Morgan fingerprint density at radius 1 is 1.07 bits per heavy atom. The van der Waals surface area contributed by atoms with E-state index in [0.29, 0.717) is 0 Å². The van der Waals surface area contributed by atoms with Crippen LogP contribution in [0.1, 0.15) is 52.4 Å². The first-order valence-electron chi connectivity index (χ1n) is 9.96. The smallest absolute Gasteiger partial charge is 0.225 e. The lowest BCUT2D eigenvalue weighted by atomic mass is 9.95. The highest BCUT2D eigenvalue weighted by Crippen LogP contribution is 2.24. The molecule has 1 aromatic carbocycles. The molecule has 152 valence electrons. The molecule has 0 saturated heterocycles. The molecule has 2 rings (SSSR count). The van der Waals surface area contributed by atoms with E-state index in [1.165, 1.54) is 10.6 Å². The van der Waals surface area contributed by atoms with Gasteiger partial charge in [0.1, 0.15) is 0 Å². The predicted molar refractivity (Wildman–Crippen MR) is 112 cm³/mol. The van der Waals surface area contributed by atoms with Crippen LogP contribution in [0.2, 0.25) is 0 Å². The zero-order valence-electron chi connectivity index (χ0n) is 16.8. The van der Waals surface area contributed by atoms with Crippen LogP contribution in [0.25, 0.3) is 0 Å². The lowest BCUT2D eigenvalue weighted by Crippen LogP contribution is -2.42. The van der Waals surface area contributed by atoms with E-state index in [0.717, 1.165) is 56.6 Å². The third kappa shape index (κ3) is 6.50. The number of nitrogens with zero attached hydrogens (tertiary/aromatic N) is 2. The number of rotatable bonds is 9. The zero-order valence-corrected chi connectivity index (χ0v) is 17.6. The van der Waals surface area contributed by atoms with Crippen LogP contribution in [0.3, 0.4) is 0 Å². The van der Waals surface area contributed by atoms with Crippen LogP contribution >= 0.6 is 0 Å². The molecule has 1 fully saturated rings. The topological polar surface area (TPSA) is 69.7 Å². The average Bonchev–Trinajstić information content (AvgIpc) is 2.64. The first kappa shape index (κ1) is 21.7. The van der Waals surface area contributed by atoms with Crippen molar-refractivity contribution in [2.45, 2.75) is 58.4 Å². The van der Waals surface area contributed by atoms with Gasteiger partial charge in [-0.15, -0.1) is 0 Å². The minimum atomic E-state index is -3.31. The normalized spacial score (nSPS) is 15.7. The van der Waals surface area contributed by atoms with Gasteiger partial charge in [-0.25, -0.2) is 8.42 Å². The van der Waals surface area contributed by atoms with Gasteiger partial charge in [0.25, 0.3) is 0 Å². The zero-order chi connectivity index (χ0) is 19.9. The van der Waals surface area contributed by atoms with E-state index in [4.69, 9.17) is 0 Å². The predicted octanol–water partition coefficient (Wildman–Crippen LogP) is 3.46.